The standard InChI is InChI=1S/C10H20N2/c1-3-9(4-2)8-12-10-6-5-7-11-10/h9H,3-8H2,1-2H3,(H,11,12). The van der Waals surface area contributed by atoms with Crippen LogP contribution >= 0.6 is 0 Å². The maximum absolute atomic E-state index is 4.38. The Labute approximate surface area is 75.5 Å². The molecule has 70 valence electrons. The summed E-state index contributed by atoms with van der Waals surface area (Å²) < 4.78 is 0. The van der Waals surface area contributed by atoms with Crippen LogP contribution in [0.15, 0.2) is 4.99 Å². The van der Waals surface area contributed by atoms with Gasteiger partial charge in [0.25, 0.3) is 0 Å². The molecule has 1 aliphatic heterocycles. The van der Waals surface area contributed by atoms with Crippen LogP contribution in [0.2, 0.25) is 0 Å². The summed E-state index contributed by atoms with van der Waals surface area (Å²) in [5.74, 6) is 2.06. The highest BCUT2D eigenvalue weighted by Crippen LogP contribution is 2.07. The predicted molar refractivity (Wildman–Crippen MR) is 53.6 cm³/mol. The van der Waals surface area contributed by atoms with E-state index in [1.165, 1.54) is 31.5 Å². The highest BCUT2D eigenvalue weighted by Gasteiger charge is 2.07. The summed E-state index contributed by atoms with van der Waals surface area (Å²) in [5, 5.41) is 3.43. The van der Waals surface area contributed by atoms with E-state index in [2.05, 4.69) is 24.2 Å². The Morgan fingerprint density at radius 3 is 2.67 bits per heavy atom. The molecule has 1 rings (SSSR count). The van der Waals surface area contributed by atoms with Gasteiger partial charge >= 0.3 is 0 Å². The molecule has 2 heteroatoms. The smallest absolute Gasteiger partial charge is 0.0963 e. The van der Waals surface area contributed by atoms with E-state index in [4.69, 9.17) is 0 Å². The first-order valence-corrected chi connectivity index (χ1v) is 5.14. The molecule has 1 N–H and O–H groups in total. The van der Waals surface area contributed by atoms with Crippen molar-refractivity contribution in [1.82, 2.24) is 5.32 Å². The Hall–Kier alpha value is -0.530. The minimum absolute atomic E-state index is 0.827. The summed E-state index contributed by atoms with van der Waals surface area (Å²) in [6, 6.07) is 0. The molecule has 1 aliphatic rings. The SMILES string of the molecule is CCC(CC)CNC1=NCCC1. The van der Waals surface area contributed by atoms with Gasteiger partial charge < -0.3 is 5.32 Å². The summed E-state index contributed by atoms with van der Waals surface area (Å²) in [4.78, 5) is 4.38. The molecule has 0 radical (unpaired) electrons. The van der Waals surface area contributed by atoms with Gasteiger partial charge in [-0.05, 0) is 12.3 Å². The van der Waals surface area contributed by atoms with Crippen molar-refractivity contribution in [2.45, 2.75) is 39.5 Å². The van der Waals surface area contributed by atoms with Gasteiger partial charge in [0.2, 0.25) is 0 Å². The van der Waals surface area contributed by atoms with Crippen LogP contribution in [0.3, 0.4) is 0 Å². The number of hydrogen-bond donors (Lipinski definition) is 1. The fourth-order valence-electron chi connectivity index (χ4n) is 1.52. The molecule has 0 aliphatic carbocycles. The maximum Gasteiger partial charge on any atom is 0.0963 e. The summed E-state index contributed by atoms with van der Waals surface area (Å²) in [7, 11) is 0. The molecule has 0 bridgehead atoms. The predicted octanol–water partition coefficient (Wildman–Crippen LogP) is 2.20. The molecule has 12 heavy (non-hydrogen) atoms. The van der Waals surface area contributed by atoms with Gasteiger partial charge in [0.1, 0.15) is 0 Å². The Morgan fingerprint density at radius 1 is 1.42 bits per heavy atom. The van der Waals surface area contributed by atoms with Gasteiger partial charge in [0.15, 0.2) is 0 Å². The van der Waals surface area contributed by atoms with Crippen molar-refractivity contribution >= 4 is 5.84 Å². The zero-order chi connectivity index (χ0) is 8.81. The van der Waals surface area contributed by atoms with Crippen molar-refractivity contribution in [3.63, 3.8) is 0 Å². The summed E-state index contributed by atoms with van der Waals surface area (Å²) in [6.07, 6.45) is 4.96. The third-order valence-corrected chi connectivity index (χ3v) is 2.62. The maximum atomic E-state index is 4.38. The molecule has 0 atom stereocenters. The molecule has 0 fully saturated rings. The van der Waals surface area contributed by atoms with Crippen molar-refractivity contribution < 1.29 is 0 Å². The van der Waals surface area contributed by atoms with Crippen LogP contribution in [-0.4, -0.2) is 18.9 Å². The van der Waals surface area contributed by atoms with E-state index in [9.17, 15) is 0 Å². The van der Waals surface area contributed by atoms with Gasteiger partial charge in [-0.1, -0.05) is 26.7 Å². The number of amidine groups is 1. The Kier molecular flexibility index (Phi) is 4.12. The summed E-state index contributed by atoms with van der Waals surface area (Å²) in [5.41, 5.74) is 0. The fraction of sp³-hybridized carbons (Fsp3) is 0.900. The van der Waals surface area contributed by atoms with Crippen molar-refractivity contribution in [1.29, 1.82) is 0 Å². The summed E-state index contributed by atoms with van der Waals surface area (Å²) in [6.45, 7) is 6.66. The average Bonchev–Trinajstić information content (AvgIpc) is 2.59. The van der Waals surface area contributed by atoms with Crippen LogP contribution in [0.4, 0.5) is 0 Å². The van der Waals surface area contributed by atoms with E-state index in [1.807, 2.05) is 0 Å². The second-order valence-corrected chi connectivity index (χ2v) is 3.50. The third-order valence-electron chi connectivity index (χ3n) is 2.62. The number of hydrogen-bond acceptors (Lipinski definition) is 2. The molecule has 0 spiro atoms. The van der Waals surface area contributed by atoms with Crippen molar-refractivity contribution in [3.05, 3.63) is 0 Å². The zero-order valence-electron chi connectivity index (χ0n) is 8.27. The topological polar surface area (TPSA) is 24.4 Å². The normalized spacial score (nSPS) is 16.8. The zero-order valence-corrected chi connectivity index (χ0v) is 8.27. The lowest BCUT2D eigenvalue weighted by Crippen LogP contribution is -2.27. The van der Waals surface area contributed by atoms with Crippen molar-refractivity contribution in [2.24, 2.45) is 10.9 Å². The highest BCUT2D eigenvalue weighted by molar-refractivity contribution is 5.83. The first-order valence-electron chi connectivity index (χ1n) is 5.14. The van der Waals surface area contributed by atoms with E-state index in [-0.39, 0.29) is 0 Å². The fourth-order valence-corrected chi connectivity index (χ4v) is 1.52. The quantitative estimate of drug-likeness (QED) is 0.683. The minimum atomic E-state index is 0.827. The van der Waals surface area contributed by atoms with Crippen molar-refractivity contribution in [2.75, 3.05) is 13.1 Å². The Morgan fingerprint density at radius 2 is 2.17 bits per heavy atom. The van der Waals surface area contributed by atoms with E-state index >= 15 is 0 Å². The second kappa shape index (κ2) is 5.18. The molecule has 0 unspecified atom stereocenters. The third kappa shape index (κ3) is 2.84. The molecular weight excluding hydrogens is 148 g/mol. The van der Waals surface area contributed by atoms with Gasteiger partial charge in [-0.15, -0.1) is 0 Å². The number of aliphatic imine (C=N–C) groups is 1. The van der Waals surface area contributed by atoms with E-state index < -0.39 is 0 Å². The van der Waals surface area contributed by atoms with Crippen LogP contribution in [0, 0.1) is 5.92 Å². The van der Waals surface area contributed by atoms with Crippen LogP contribution in [0.25, 0.3) is 0 Å². The van der Waals surface area contributed by atoms with Crippen LogP contribution in [0.1, 0.15) is 39.5 Å². The van der Waals surface area contributed by atoms with E-state index in [1.54, 1.807) is 0 Å². The largest absolute Gasteiger partial charge is 0.374 e. The van der Waals surface area contributed by atoms with Crippen molar-refractivity contribution in [3.8, 4) is 0 Å². The van der Waals surface area contributed by atoms with Crippen LogP contribution in [0.5, 0.6) is 0 Å². The van der Waals surface area contributed by atoms with Gasteiger partial charge in [0.05, 0.1) is 5.84 Å². The molecule has 0 amide bonds. The first-order chi connectivity index (χ1) is 5.86. The highest BCUT2D eigenvalue weighted by atomic mass is 15.0. The Balaban J connectivity index is 2.14. The molecule has 0 saturated heterocycles. The second-order valence-electron chi connectivity index (χ2n) is 3.50. The van der Waals surface area contributed by atoms with Crippen LogP contribution < -0.4 is 5.32 Å². The molecular formula is C10H20N2. The van der Waals surface area contributed by atoms with Crippen LogP contribution in [-0.2, 0) is 0 Å². The lowest BCUT2D eigenvalue weighted by molar-refractivity contribution is 0.483. The van der Waals surface area contributed by atoms with Gasteiger partial charge in [-0.25, -0.2) is 0 Å². The molecule has 2 nitrogen and oxygen atoms in total. The molecule has 0 aromatic carbocycles. The van der Waals surface area contributed by atoms with Gasteiger partial charge in [-0.2, -0.15) is 0 Å². The number of nitrogens with zero attached hydrogens (tertiary/aromatic N) is 1. The average molecular weight is 168 g/mol. The monoisotopic (exact) mass is 168 g/mol. The lowest BCUT2D eigenvalue weighted by Gasteiger charge is -2.13. The first kappa shape index (κ1) is 9.56. The van der Waals surface area contributed by atoms with E-state index in [0.717, 1.165) is 19.0 Å². The van der Waals surface area contributed by atoms with Gasteiger partial charge in [-0.3, -0.25) is 4.99 Å². The number of rotatable bonds is 4. The molecule has 0 saturated carbocycles. The minimum Gasteiger partial charge on any atom is -0.374 e. The molecule has 0 aromatic heterocycles. The van der Waals surface area contributed by atoms with Gasteiger partial charge in [0, 0.05) is 19.5 Å². The summed E-state index contributed by atoms with van der Waals surface area (Å²) >= 11 is 0. The molecule has 0 aromatic rings. The molecule has 1 heterocycles. The Bertz CT molecular complexity index is 148. The van der Waals surface area contributed by atoms with E-state index in [0.29, 0.717) is 0 Å². The lowest BCUT2D eigenvalue weighted by atomic mass is 10.0. The number of nitrogens with one attached hydrogen (secondary N) is 1.